The van der Waals surface area contributed by atoms with Crippen LogP contribution >= 0.6 is 0 Å². The van der Waals surface area contributed by atoms with Gasteiger partial charge in [0, 0.05) is 17.2 Å². The number of hydrogen-bond acceptors (Lipinski definition) is 5. The number of nitrogens with zero attached hydrogens (tertiary/aromatic N) is 2. The number of ether oxygens (including phenoxy) is 1. The Bertz CT molecular complexity index is 1060. The first-order chi connectivity index (χ1) is 14.0. The molecule has 8 nitrogen and oxygen atoms in total. The lowest BCUT2D eigenvalue weighted by Gasteiger charge is -2.41. The maximum atomic E-state index is 11.2. The number of benzene rings is 2. The van der Waals surface area contributed by atoms with Gasteiger partial charge < -0.3 is 15.2 Å². The molecular formula is C21H17N3O5. The average molecular weight is 391 g/mol. The van der Waals surface area contributed by atoms with E-state index in [2.05, 4.69) is 10.3 Å². The van der Waals surface area contributed by atoms with E-state index in [9.17, 15) is 14.9 Å². The molecule has 4 rings (SSSR count). The highest BCUT2D eigenvalue weighted by Crippen LogP contribution is 2.35. The van der Waals surface area contributed by atoms with E-state index in [1.807, 2.05) is 54.6 Å². The van der Waals surface area contributed by atoms with Crippen molar-refractivity contribution in [2.45, 2.75) is 5.54 Å². The summed E-state index contributed by atoms with van der Waals surface area (Å²) >= 11 is 0. The van der Waals surface area contributed by atoms with Gasteiger partial charge in [-0.1, -0.05) is 54.6 Å². The highest BCUT2D eigenvalue weighted by atomic mass is 16.6. The molecule has 0 aliphatic carbocycles. The maximum Gasteiger partial charge on any atom is 0.405 e. The summed E-state index contributed by atoms with van der Waals surface area (Å²) in [6, 6.07) is 18.2. The first kappa shape index (κ1) is 18.6. The van der Waals surface area contributed by atoms with Crippen LogP contribution < -0.4 is 5.32 Å². The number of pyridine rings is 1. The van der Waals surface area contributed by atoms with Crippen LogP contribution in [0.2, 0.25) is 0 Å². The van der Waals surface area contributed by atoms with Gasteiger partial charge in [0.1, 0.15) is 11.7 Å². The fourth-order valence-corrected chi connectivity index (χ4v) is 3.39. The fourth-order valence-electron chi connectivity index (χ4n) is 3.39. The third kappa shape index (κ3) is 3.53. The zero-order chi connectivity index (χ0) is 20.4. The Morgan fingerprint density at radius 2 is 1.79 bits per heavy atom. The van der Waals surface area contributed by atoms with E-state index in [0.29, 0.717) is 11.3 Å². The molecule has 2 N–H and O–H groups in total. The summed E-state index contributed by atoms with van der Waals surface area (Å²) in [5.41, 5.74) is 2.80. The normalized spacial score (nSPS) is 14.6. The van der Waals surface area contributed by atoms with Crippen LogP contribution in [0, 0.1) is 10.1 Å². The first-order valence-corrected chi connectivity index (χ1v) is 8.88. The quantitative estimate of drug-likeness (QED) is 0.505. The lowest BCUT2D eigenvalue weighted by Crippen LogP contribution is -2.59. The zero-order valence-corrected chi connectivity index (χ0v) is 15.2. The van der Waals surface area contributed by atoms with E-state index in [-0.39, 0.29) is 18.9 Å². The van der Waals surface area contributed by atoms with Crippen LogP contribution in [0.1, 0.15) is 5.56 Å². The van der Waals surface area contributed by atoms with Gasteiger partial charge in [0.15, 0.2) is 0 Å². The van der Waals surface area contributed by atoms with Gasteiger partial charge in [-0.05, 0) is 11.1 Å². The predicted molar refractivity (Wildman–Crippen MR) is 105 cm³/mol. The summed E-state index contributed by atoms with van der Waals surface area (Å²) < 4.78 is 5.22. The van der Waals surface area contributed by atoms with Gasteiger partial charge >= 0.3 is 6.09 Å². The van der Waals surface area contributed by atoms with Gasteiger partial charge in [-0.2, -0.15) is 0 Å². The van der Waals surface area contributed by atoms with Crippen LogP contribution in [0.5, 0.6) is 0 Å². The summed E-state index contributed by atoms with van der Waals surface area (Å²) in [7, 11) is 0. The Morgan fingerprint density at radius 3 is 2.34 bits per heavy atom. The van der Waals surface area contributed by atoms with E-state index in [0.717, 1.165) is 16.7 Å². The van der Waals surface area contributed by atoms with Crippen molar-refractivity contribution in [3.8, 4) is 22.4 Å². The lowest BCUT2D eigenvalue weighted by molar-refractivity contribution is -0.385. The average Bonchev–Trinajstić information content (AvgIpc) is 2.71. The molecule has 8 heteroatoms. The Kier molecular flexibility index (Phi) is 4.69. The largest absolute Gasteiger partial charge is 0.465 e. The monoisotopic (exact) mass is 391 g/mol. The molecule has 1 fully saturated rings. The van der Waals surface area contributed by atoms with Crippen LogP contribution in [0.15, 0.2) is 66.9 Å². The molecule has 2 heterocycles. The van der Waals surface area contributed by atoms with Crippen molar-refractivity contribution in [3.05, 3.63) is 82.5 Å². The fraction of sp³-hybridized carbons (Fsp3) is 0.143. The summed E-state index contributed by atoms with van der Waals surface area (Å²) in [5, 5.41) is 22.8. The Hall–Kier alpha value is -3.78. The number of carbonyl (C=O) groups is 1. The van der Waals surface area contributed by atoms with Crippen molar-refractivity contribution in [1.29, 1.82) is 0 Å². The number of carboxylic acid groups (broad SMARTS) is 1. The van der Waals surface area contributed by atoms with Crippen molar-refractivity contribution < 1.29 is 19.6 Å². The van der Waals surface area contributed by atoms with Crippen LogP contribution in [0.25, 0.3) is 22.4 Å². The van der Waals surface area contributed by atoms with Gasteiger partial charge in [0.2, 0.25) is 0 Å². The molecule has 0 bridgehead atoms. The molecule has 1 aromatic heterocycles. The Morgan fingerprint density at radius 1 is 1.10 bits per heavy atom. The van der Waals surface area contributed by atoms with Gasteiger partial charge in [0.05, 0.1) is 23.8 Å². The standard InChI is InChI=1S/C21H17N3O5/c25-20(26)23-21(12-29-13-21)16-8-6-15(7-9-16)19-18(14-4-2-1-3-5-14)10-17(11-22-19)24(27)28/h1-11,23H,12-13H2,(H,25,26). The van der Waals surface area contributed by atoms with Crippen LogP contribution in [0.3, 0.4) is 0 Å². The van der Waals surface area contributed by atoms with Crippen LogP contribution in [0.4, 0.5) is 10.5 Å². The number of hydrogen-bond donors (Lipinski definition) is 2. The summed E-state index contributed by atoms with van der Waals surface area (Å²) in [6.07, 6.45) is 0.129. The number of amides is 1. The van der Waals surface area contributed by atoms with Gasteiger partial charge in [-0.15, -0.1) is 0 Å². The van der Waals surface area contributed by atoms with Crippen molar-refractivity contribution in [1.82, 2.24) is 10.3 Å². The highest BCUT2D eigenvalue weighted by Gasteiger charge is 2.41. The summed E-state index contributed by atoms with van der Waals surface area (Å²) in [6.45, 7) is 0.535. The molecule has 0 spiro atoms. The third-order valence-corrected chi connectivity index (χ3v) is 4.92. The van der Waals surface area contributed by atoms with Crippen molar-refractivity contribution in [2.75, 3.05) is 13.2 Å². The number of rotatable bonds is 5. The molecule has 1 amide bonds. The molecule has 2 aromatic carbocycles. The van der Waals surface area contributed by atoms with Gasteiger partial charge in [-0.25, -0.2) is 9.78 Å². The molecule has 1 aliphatic rings. The summed E-state index contributed by atoms with van der Waals surface area (Å²) in [4.78, 5) is 26.2. The smallest absolute Gasteiger partial charge is 0.405 e. The molecule has 1 saturated heterocycles. The Balaban J connectivity index is 1.75. The molecule has 0 saturated carbocycles. The second-order valence-corrected chi connectivity index (χ2v) is 6.80. The second-order valence-electron chi connectivity index (χ2n) is 6.80. The number of nitrogens with one attached hydrogen (secondary N) is 1. The molecule has 146 valence electrons. The van der Waals surface area contributed by atoms with Crippen molar-refractivity contribution in [3.63, 3.8) is 0 Å². The first-order valence-electron chi connectivity index (χ1n) is 8.88. The molecule has 1 aliphatic heterocycles. The highest BCUT2D eigenvalue weighted by molar-refractivity contribution is 5.82. The minimum absolute atomic E-state index is 0.0829. The van der Waals surface area contributed by atoms with Crippen LogP contribution in [-0.2, 0) is 10.3 Å². The van der Waals surface area contributed by atoms with Crippen LogP contribution in [-0.4, -0.2) is 34.3 Å². The minimum atomic E-state index is -1.11. The molecule has 0 radical (unpaired) electrons. The molecule has 3 aromatic rings. The van der Waals surface area contributed by atoms with Gasteiger partial charge in [0.25, 0.3) is 5.69 Å². The third-order valence-electron chi connectivity index (χ3n) is 4.92. The molecule has 29 heavy (non-hydrogen) atoms. The number of nitro groups is 1. The van der Waals surface area contributed by atoms with Gasteiger partial charge in [-0.3, -0.25) is 10.1 Å². The molecule has 0 unspecified atom stereocenters. The predicted octanol–water partition coefficient (Wildman–Crippen LogP) is 3.82. The Labute approximate surface area is 165 Å². The minimum Gasteiger partial charge on any atom is -0.465 e. The second kappa shape index (κ2) is 7.33. The molecular weight excluding hydrogens is 374 g/mol. The van der Waals surface area contributed by atoms with Crippen molar-refractivity contribution >= 4 is 11.8 Å². The van der Waals surface area contributed by atoms with E-state index in [4.69, 9.17) is 9.84 Å². The topological polar surface area (TPSA) is 115 Å². The summed E-state index contributed by atoms with van der Waals surface area (Å²) in [5.74, 6) is 0. The maximum absolute atomic E-state index is 11.2. The zero-order valence-electron chi connectivity index (χ0n) is 15.2. The lowest BCUT2D eigenvalue weighted by atomic mass is 9.87. The van der Waals surface area contributed by atoms with Crippen molar-refractivity contribution in [2.24, 2.45) is 0 Å². The van der Waals surface area contributed by atoms with E-state index in [1.165, 1.54) is 12.3 Å². The molecule has 0 atom stereocenters. The number of aromatic nitrogens is 1. The SMILES string of the molecule is O=C(O)NC1(c2ccc(-c3ncc([N+](=O)[O-])cc3-c3ccccc3)cc2)COC1. The van der Waals surface area contributed by atoms with E-state index >= 15 is 0 Å². The van der Waals surface area contributed by atoms with E-state index < -0.39 is 16.6 Å². The van der Waals surface area contributed by atoms with E-state index in [1.54, 1.807) is 0 Å².